The molecule has 0 bridgehead atoms. The largest absolute Gasteiger partial charge is 0.328 e. The van der Waals surface area contributed by atoms with Crippen LogP contribution in [0.2, 0.25) is 0 Å². The topological polar surface area (TPSA) is 26.0 Å². The second-order valence-electron chi connectivity index (χ2n) is 3.77. The van der Waals surface area contributed by atoms with E-state index in [1.807, 2.05) is 23.9 Å². The Bertz CT molecular complexity index is 299. The normalized spacial score (nSPS) is 26.7. The maximum atomic E-state index is 12.6. The highest BCUT2D eigenvalue weighted by atomic mass is 32.2. The Morgan fingerprint density at radius 3 is 2.50 bits per heavy atom. The zero-order valence-electron chi connectivity index (χ0n) is 7.95. The van der Waals surface area contributed by atoms with Crippen molar-refractivity contribution in [2.45, 2.75) is 35.4 Å². The van der Waals surface area contributed by atoms with E-state index in [1.165, 1.54) is 18.6 Å². The Morgan fingerprint density at radius 1 is 1.21 bits per heavy atom. The van der Waals surface area contributed by atoms with Crippen LogP contribution in [0.3, 0.4) is 0 Å². The van der Waals surface area contributed by atoms with E-state index in [0.717, 1.165) is 17.7 Å². The molecule has 0 amide bonds. The predicted octanol–water partition coefficient (Wildman–Crippen LogP) is 2.80. The number of hydrogen-bond acceptors (Lipinski definition) is 2. The molecule has 2 atom stereocenters. The monoisotopic (exact) mass is 211 g/mol. The van der Waals surface area contributed by atoms with E-state index in [9.17, 15) is 4.39 Å². The molecule has 1 nitrogen and oxygen atoms in total. The summed E-state index contributed by atoms with van der Waals surface area (Å²) < 4.78 is 12.6. The minimum absolute atomic E-state index is 0.169. The number of rotatable bonds is 2. The van der Waals surface area contributed by atoms with Crippen molar-refractivity contribution in [1.29, 1.82) is 0 Å². The van der Waals surface area contributed by atoms with Crippen LogP contribution in [0.4, 0.5) is 4.39 Å². The zero-order chi connectivity index (χ0) is 9.97. The lowest BCUT2D eigenvalue weighted by molar-refractivity contribution is 0.626. The fraction of sp³-hybridized carbons (Fsp3) is 0.455. The van der Waals surface area contributed by atoms with Crippen LogP contribution < -0.4 is 5.73 Å². The summed E-state index contributed by atoms with van der Waals surface area (Å²) >= 11 is 1.82. The maximum Gasteiger partial charge on any atom is 0.123 e. The number of halogens is 1. The van der Waals surface area contributed by atoms with Gasteiger partial charge in [-0.05, 0) is 43.5 Å². The van der Waals surface area contributed by atoms with Crippen molar-refractivity contribution in [1.82, 2.24) is 0 Å². The number of hydrogen-bond donors (Lipinski definition) is 1. The molecule has 0 aromatic heterocycles. The van der Waals surface area contributed by atoms with Crippen LogP contribution in [0.5, 0.6) is 0 Å². The third kappa shape index (κ3) is 2.49. The third-order valence-corrected chi connectivity index (χ3v) is 3.85. The van der Waals surface area contributed by atoms with E-state index < -0.39 is 0 Å². The highest BCUT2D eigenvalue weighted by Gasteiger charge is 2.22. The van der Waals surface area contributed by atoms with Crippen molar-refractivity contribution in [3.05, 3.63) is 30.1 Å². The van der Waals surface area contributed by atoms with E-state index >= 15 is 0 Å². The van der Waals surface area contributed by atoms with Crippen molar-refractivity contribution in [3.8, 4) is 0 Å². The number of nitrogens with two attached hydrogens (primary N) is 1. The summed E-state index contributed by atoms with van der Waals surface area (Å²) in [7, 11) is 0. The van der Waals surface area contributed by atoms with Gasteiger partial charge in [-0.25, -0.2) is 4.39 Å². The first-order valence-electron chi connectivity index (χ1n) is 4.92. The first kappa shape index (κ1) is 9.99. The molecule has 14 heavy (non-hydrogen) atoms. The molecule has 3 heteroatoms. The Labute approximate surface area is 87.9 Å². The minimum Gasteiger partial charge on any atom is -0.328 e. The van der Waals surface area contributed by atoms with E-state index in [1.54, 1.807) is 0 Å². The van der Waals surface area contributed by atoms with Gasteiger partial charge in [0.05, 0.1) is 0 Å². The van der Waals surface area contributed by atoms with Crippen LogP contribution >= 0.6 is 11.8 Å². The molecular weight excluding hydrogens is 197 g/mol. The molecule has 0 saturated heterocycles. The average Bonchev–Trinajstić information content (AvgIpc) is 2.56. The Hall–Kier alpha value is -0.540. The average molecular weight is 211 g/mol. The van der Waals surface area contributed by atoms with Crippen molar-refractivity contribution < 1.29 is 4.39 Å². The summed E-state index contributed by atoms with van der Waals surface area (Å²) in [5.41, 5.74) is 5.83. The van der Waals surface area contributed by atoms with E-state index in [-0.39, 0.29) is 5.82 Å². The van der Waals surface area contributed by atoms with E-state index in [2.05, 4.69) is 0 Å². The van der Waals surface area contributed by atoms with Gasteiger partial charge in [-0.3, -0.25) is 0 Å². The molecule has 0 heterocycles. The quantitative estimate of drug-likeness (QED) is 0.814. The number of benzene rings is 1. The summed E-state index contributed by atoms with van der Waals surface area (Å²) in [6.45, 7) is 0. The van der Waals surface area contributed by atoms with Gasteiger partial charge < -0.3 is 5.73 Å². The summed E-state index contributed by atoms with van der Waals surface area (Å²) in [6.07, 6.45) is 3.39. The smallest absolute Gasteiger partial charge is 0.123 e. The highest BCUT2D eigenvalue weighted by Crippen LogP contribution is 2.34. The van der Waals surface area contributed by atoms with Gasteiger partial charge in [0.15, 0.2) is 0 Å². The molecule has 0 radical (unpaired) electrons. The van der Waals surface area contributed by atoms with Crippen LogP contribution in [0, 0.1) is 5.82 Å². The first-order valence-corrected chi connectivity index (χ1v) is 5.80. The van der Waals surface area contributed by atoms with Crippen LogP contribution in [-0.4, -0.2) is 11.3 Å². The Balaban J connectivity index is 1.94. The molecule has 2 rings (SSSR count). The molecule has 0 aliphatic heterocycles. The highest BCUT2D eigenvalue weighted by molar-refractivity contribution is 8.00. The van der Waals surface area contributed by atoms with E-state index in [4.69, 9.17) is 5.73 Å². The fourth-order valence-corrected chi connectivity index (χ4v) is 3.06. The van der Waals surface area contributed by atoms with Crippen molar-refractivity contribution in [3.63, 3.8) is 0 Å². The molecule has 1 aromatic rings. The SMILES string of the molecule is NC1CCC(Sc2ccc(F)cc2)C1. The second-order valence-corrected chi connectivity index (χ2v) is 5.14. The predicted molar refractivity (Wildman–Crippen MR) is 57.9 cm³/mol. The summed E-state index contributed by atoms with van der Waals surface area (Å²) in [4.78, 5) is 1.14. The Kier molecular flexibility index (Phi) is 3.08. The molecule has 2 N–H and O–H groups in total. The van der Waals surface area contributed by atoms with Crippen LogP contribution in [0.1, 0.15) is 19.3 Å². The van der Waals surface area contributed by atoms with Gasteiger partial charge in [0.25, 0.3) is 0 Å². The third-order valence-electron chi connectivity index (χ3n) is 2.54. The van der Waals surface area contributed by atoms with Gasteiger partial charge in [-0.15, -0.1) is 11.8 Å². The van der Waals surface area contributed by atoms with Gasteiger partial charge in [-0.1, -0.05) is 0 Å². The van der Waals surface area contributed by atoms with Crippen molar-refractivity contribution in [2.24, 2.45) is 5.73 Å². The van der Waals surface area contributed by atoms with Gasteiger partial charge >= 0.3 is 0 Å². The Morgan fingerprint density at radius 2 is 1.93 bits per heavy atom. The molecule has 0 spiro atoms. The molecule has 1 aliphatic carbocycles. The lowest BCUT2D eigenvalue weighted by atomic mass is 10.3. The van der Waals surface area contributed by atoms with Gasteiger partial charge in [-0.2, -0.15) is 0 Å². The minimum atomic E-state index is -0.169. The molecule has 1 aliphatic rings. The lowest BCUT2D eigenvalue weighted by Crippen LogP contribution is -2.15. The first-order chi connectivity index (χ1) is 6.74. The molecule has 2 unspecified atom stereocenters. The fourth-order valence-electron chi connectivity index (χ4n) is 1.79. The van der Waals surface area contributed by atoms with E-state index in [0.29, 0.717) is 11.3 Å². The van der Waals surface area contributed by atoms with Crippen LogP contribution in [0.25, 0.3) is 0 Å². The molecule has 1 aromatic carbocycles. The zero-order valence-corrected chi connectivity index (χ0v) is 8.77. The summed E-state index contributed by atoms with van der Waals surface area (Å²) in [6, 6.07) is 7.07. The summed E-state index contributed by atoms with van der Waals surface area (Å²) in [5, 5.41) is 0.621. The maximum absolute atomic E-state index is 12.6. The molecule has 1 saturated carbocycles. The molecular formula is C11H14FNS. The standard InChI is InChI=1S/C11H14FNS/c12-8-1-4-10(5-2-8)14-11-6-3-9(13)7-11/h1-2,4-5,9,11H,3,6-7,13H2. The van der Waals surface area contributed by atoms with Crippen molar-refractivity contribution >= 4 is 11.8 Å². The van der Waals surface area contributed by atoms with Gasteiger partial charge in [0.1, 0.15) is 5.82 Å². The van der Waals surface area contributed by atoms with Crippen LogP contribution in [0.15, 0.2) is 29.2 Å². The molecule has 76 valence electrons. The summed E-state index contributed by atoms with van der Waals surface area (Å²) in [5.74, 6) is -0.169. The second kappa shape index (κ2) is 4.32. The van der Waals surface area contributed by atoms with Gasteiger partial charge in [0, 0.05) is 16.2 Å². The van der Waals surface area contributed by atoms with Gasteiger partial charge in [0.2, 0.25) is 0 Å². The number of thioether (sulfide) groups is 1. The lowest BCUT2D eigenvalue weighted by Gasteiger charge is -2.08. The molecule has 1 fully saturated rings. The van der Waals surface area contributed by atoms with Crippen LogP contribution in [-0.2, 0) is 0 Å². The van der Waals surface area contributed by atoms with Crippen molar-refractivity contribution in [2.75, 3.05) is 0 Å².